The first-order chi connectivity index (χ1) is 10.1. The Kier molecular flexibility index (Phi) is 6.12. The standard InChI is InChI=1S/C17H25F2NO/c1-12-2-4-13(5-3-12)8-9-20-11-17(21)15-7-6-14(18)10-16(15)19/h6-7,10,12-13,17,20-21H,2-5,8-9,11H2,1H3. The van der Waals surface area contributed by atoms with Crippen LogP contribution in [-0.2, 0) is 0 Å². The molecule has 21 heavy (non-hydrogen) atoms. The Balaban J connectivity index is 1.68. The van der Waals surface area contributed by atoms with Gasteiger partial charge in [0.1, 0.15) is 11.6 Å². The quantitative estimate of drug-likeness (QED) is 0.783. The summed E-state index contributed by atoms with van der Waals surface area (Å²) >= 11 is 0. The van der Waals surface area contributed by atoms with Crippen LogP contribution in [0, 0.1) is 23.5 Å². The van der Waals surface area contributed by atoms with Gasteiger partial charge in [-0.05, 0) is 30.9 Å². The molecule has 2 N–H and O–H groups in total. The molecule has 4 heteroatoms. The fourth-order valence-electron chi connectivity index (χ4n) is 3.04. The number of aliphatic hydroxyl groups is 1. The lowest BCUT2D eigenvalue weighted by Gasteiger charge is -2.26. The van der Waals surface area contributed by atoms with E-state index in [1.165, 1.54) is 37.8 Å². The predicted octanol–water partition coefficient (Wildman–Crippen LogP) is 3.80. The molecule has 1 fully saturated rings. The van der Waals surface area contributed by atoms with Crippen molar-refractivity contribution in [3.05, 3.63) is 35.4 Å². The lowest BCUT2D eigenvalue weighted by atomic mass is 9.81. The minimum absolute atomic E-state index is 0.149. The molecule has 1 saturated carbocycles. The van der Waals surface area contributed by atoms with E-state index in [-0.39, 0.29) is 5.56 Å². The van der Waals surface area contributed by atoms with Crippen molar-refractivity contribution in [3.63, 3.8) is 0 Å². The van der Waals surface area contributed by atoms with Crippen molar-refractivity contribution in [1.82, 2.24) is 5.32 Å². The second-order valence-electron chi connectivity index (χ2n) is 6.30. The third-order valence-electron chi connectivity index (χ3n) is 4.52. The van der Waals surface area contributed by atoms with Gasteiger partial charge in [0.2, 0.25) is 0 Å². The zero-order chi connectivity index (χ0) is 15.2. The molecule has 118 valence electrons. The molecule has 2 rings (SSSR count). The number of hydrogen-bond donors (Lipinski definition) is 2. The highest BCUT2D eigenvalue weighted by Gasteiger charge is 2.18. The van der Waals surface area contributed by atoms with E-state index >= 15 is 0 Å². The van der Waals surface area contributed by atoms with E-state index in [2.05, 4.69) is 12.2 Å². The van der Waals surface area contributed by atoms with Gasteiger partial charge in [0.15, 0.2) is 0 Å². The van der Waals surface area contributed by atoms with Crippen LogP contribution in [0.25, 0.3) is 0 Å². The molecule has 1 atom stereocenters. The van der Waals surface area contributed by atoms with E-state index in [1.807, 2.05) is 0 Å². The van der Waals surface area contributed by atoms with Gasteiger partial charge in [-0.25, -0.2) is 8.78 Å². The molecule has 2 nitrogen and oxygen atoms in total. The fourth-order valence-corrected chi connectivity index (χ4v) is 3.04. The second kappa shape index (κ2) is 7.85. The van der Waals surface area contributed by atoms with Crippen LogP contribution in [0.15, 0.2) is 18.2 Å². The van der Waals surface area contributed by atoms with Crippen LogP contribution in [0.5, 0.6) is 0 Å². The number of aliphatic hydroxyl groups excluding tert-OH is 1. The summed E-state index contributed by atoms with van der Waals surface area (Å²) in [5.41, 5.74) is 0.149. The highest BCUT2D eigenvalue weighted by Crippen LogP contribution is 2.30. The molecule has 0 radical (unpaired) electrons. The molecular formula is C17H25F2NO. The SMILES string of the molecule is CC1CCC(CCNCC(O)c2ccc(F)cc2F)CC1. The third-order valence-corrected chi connectivity index (χ3v) is 4.52. The molecule has 0 amide bonds. The maximum atomic E-state index is 13.5. The van der Waals surface area contributed by atoms with E-state index in [0.717, 1.165) is 30.9 Å². The first kappa shape index (κ1) is 16.4. The molecule has 0 saturated heterocycles. The average molecular weight is 297 g/mol. The van der Waals surface area contributed by atoms with Gasteiger partial charge >= 0.3 is 0 Å². The molecule has 0 heterocycles. The van der Waals surface area contributed by atoms with Gasteiger partial charge in [-0.3, -0.25) is 0 Å². The molecule has 0 aromatic heterocycles. The summed E-state index contributed by atoms with van der Waals surface area (Å²) in [4.78, 5) is 0. The van der Waals surface area contributed by atoms with Crippen molar-refractivity contribution < 1.29 is 13.9 Å². The smallest absolute Gasteiger partial charge is 0.131 e. The van der Waals surface area contributed by atoms with Crippen LogP contribution in [0.1, 0.15) is 50.7 Å². The first-order valence-electron chi connectivity index (χ1n) is 7.90. The molecular weight excluding hydrogens is 272 g/mol. The van der Waals surface area contributed by atoms with Crippen LogP contribution in [0.4, 0.5) is 8.78 Å². The summed E-state index contributed by atoms with van der Waals surface area (Å²) in [7, 11) is 0. The van der Waals surface area contributed by atoms with E-state index in [1.54, 1.807) is 0 Å². The summed E-state index contributed by atoms with van der Waals surface area (Å²) in [6.07, 6.45) is 5.38. The number of halogens is 2. The van der Waals surface area contributed by atoms with Crippen LogP contribution < -0.4 is 5.32 Å². The average Bonchev–Trinajstić information content (AvgIpc) is 2.45. The van der Waals surface area contributed by atoms with Gasteiger partial charge in [-0.15, -0.1) is 0 Å². The van der Waals surface area contributed by atoms with E-state index < -0.39 is 17.7 Å². The Labute approximate surface area is 125 Å². The van der Waals surface area contributed by atoms with E-state index in [4.69, 9.17) is 0 Å². The molecule has 1 aliphatic carbocycles. The molecule has 0 aliphatic heterocycles. The van der Waals surface area contributed by atoms with Crippen molar-refractivity contribution in [2.45, 2.75) is 45.1 Å². The minimum atomic E-state index is -0.933. The van der Waals surface area contributed by atoms with Gasteiger partial charge in [0.05, 0.1) is 6.10 Å². The predicted molar refractivity (Wildman–Crippen MR) is 79.9 cm³/mol. The maximum absolute atomic E-state index is 13.5. The van der Waals surface area contributed by atoms with Gasteiger partial charge in [-0.2, -0.15) is 0 Å². The van der Waals surface area contributed by atoms with Crippen molar-refractivity contribution in [2.75, 3.05) is 13.1 Å². The number of nitrogens with one attached hydrogen (secondary N) is 1. The largest absolute Gasteiger partial charge is 0.387 e. The van der Waals surface area contributed by atoms with Gasteiger partial charge in [-0.1, -0.05) is 38.7 Å². The molecule has 1 aromatic carbocycles. The summed E-state index contributed by atoms with van der Waals surface area (Å²) < 4.78 is 26.3. The van der Waals surface area contributed by atoms with Crippen molar-refractivity contribution in [3.8, 4) is 0 Å². The Morgan fingerprint density at radius 2 is 1.95 bits per heavy atom. The highest BCUT2D eigenvalue weighted by atomic mass is 19.1. The number of rotatable bonds is 6. The third kappa shape index (κ3) is 5.04. The van der Waals surface area contributed by atoms with Crippen LogP contribution in [-0.4, -0.2) is 18.2 Å². The van der Waals surface area contributed by atoms with Crippen LogP contribution >= 0.6 is 0 Å². The Hall–Kier alpha value is -1.00. The van der Waals surface area contributed by atoms with Crippen molar-refractivity contribution in [1.29, 1.82) is 0 Å². The normalized spacial score (nSPS) is 24.0. The van der Waals surface area contributed by atoms with Crippen LogP contribution in [0.2, 0.25) is 0 Å². The molecule has 0 bridgehead atoms. The number of benzene rings is 1. The van der Waals surface area contributed by atoms with Gasteiger partial charge in [0, 0.05) is 18.2 Å². The Bertz CT molecular complexity index is 444. The van der Waals surface area contributed by atoms with Crippen molar-refractivity contribution >= 4 is 0 Å². The molecule has 1 aromatic rings. The maximum Gasteiger partial charge on any atom is 0.131 e. The van der Waals surface area contributed by atoms with E-state index in [0.29, 0.717) is 6.54 Å². The zero-order valence-corrected chi connectivity index (χ0v) is 12.6. The zero-order valence-electron chi connectivity index (χ0n) is 12.6. The summed E-state index contributed by atoms with van der Waals surface area (Å²) in [6.45, 7) is 3.44. The van der Waals surface area contributed by atoms with Gasteiger partial charge < -0.3 is 10.4 Å². The Morgan fingerprint density at radius 3 is 2.62 bits per heavy atom. The summed E-state index contributed by atoms with van der Waals surface area (Å²) in [6, 6.07) is 3.28. The summed E-state index contributed by atoms with van der Waals surface area (Å²) in [5.74, 6) is 0.319. The van der Waals surface area contributed by atoms with Gasteiger partial charge in [0.25, 0.3) is 0 Å². The minimum Gasteiger partial charge on any atom is -0.387 e. The monoisotopic (exact) mass is 297 g/mol. The molecule has 1 aliphatic rings. The Morgan fingerprint density at radius 1 is 1.24 bits per heavy atom. The fraction of sp³-hybridized carbons (Fsp3) is 0.647. The topological polar surface area (TPSA) is 32.3 Å². The number of hydrogen-bond acceptors (Lipinski definition) is 2. The molecule has 0 spiro atoms. The highest BCUT2D eigenvalue weighted by molar-refractivity contribution is 5.21. The van der Waals surface area contributed by atoms with Crippen molar-refractivity contribution in [2.24, 2.45) is 11.8 Å². The lowest BCUT2D eigenvalue weighted by molar-refractivity contribution is 0.168. The molecule has 1 unspecified atom stereocenters. The summed E-state index contributed by atoms with van der Waals surface area (Å²) in [5, 5.41) is 13.1. The van der Waals surface area contributed by atoms with E-state index in [9.17, 15) is 13.9 Å². The second-order valence-corrected chi connectivity index (χ2v) is 6.30. The van der Waals surface area contributed by atoms with Crippen LogP contribution in [0.3, 0.4) is 0 Å². The lowest BCUT2D eigenvalue weighted by Crippen LogP contribution is -2.25. The first-order valence-corrected chi connectivity index (χ1v) is 7.90.